The third-order valence-corrected chi connectivity index (χ3v) is 6.08. The van der Waals surface area contributed by atoms with Crippen molar-refractivity contribution in [3.63, 3.8) is 0 Å². The summed E-state index contributed by atoms with van der Waals surface area (Å²) in [6.07, 6.45) is 1.57. The summed E-state index contributed by atoms with van der Waals surface area (Å²) in [4.78, 5) is -0.0633. The van der Waals surface area contributed by atoms with E-state index >= 15 is 0 Å². The topological polar surface area (TPSA) is 92.8 Å². The Kier molecular flexibility index (Phi) is 7.74. The Morgan fingerprint density at radius 3 is 2.42 bits per heavy atom. The number of halogens is 1. The molecule has 0 aromatic heterocycles. The minimum absolute atomic E-state index is 0.00194. The van der Waals surface area contributed by atoms with Crippen molar-refractivity contribution in [3.05, 3.63) is 29.6 Å². The molecule has 0 saturated heterocycles. The van der Waals surface area contributed by atoms with Crippen LogP contribution in [0.4, 0.5) is 4.39 Å². The van der Waals surface area contributed by atoms with Crippen molar-refractivity contribution in [1.29, 1.82) is 0 Å². The average molecular weight is 382 g/mol. The summed E-state index contributed by atoms with van der Waals surface area (Å²) in [6, 6.07) is 3.47. The minimum atomic E-state index is -3.83. The van der Waals surface area contributed by atoms with Crippen LogP contribution in [0.2, 0.25) is 0 Å². The molecule has 0 bridgehead atoms. The van der Waals surface area contributed by atoms with Crippen LogP contribution in [-0.2, 0) is 24.8 Å². The molecule has 0 aliphatic heterocycles. The Hall–Kier alpha value is -1.07. The van der Waals surface area contributed by atoms with Crippen LogP contribution in [0.5, 0.6) is 0 Å². The Labute approximate surface area is 142 Å². The standard InChI is InChI=1S/C14H23FN2O5S2/c1-12-11-13(5-6-14(12)15)24(20,21)16-7-9-17(23(3,18)19)8-4-10-22-2/h5-6,11,16H,4,7-10H2,1-3H3. The summed E-state index contributed by atoms with van der Waals surface area (Å²) in [7, 11) is -5.76. The molecule has 0 fully saturated rings. The number of nitrogens with one attached hydrogen (secondary N) is 1. The Morgan fingerprint density at radius 2 is 1.88 bits per heavy atom. The van der Waals surface area contributed by atoms with E-state index in [1.54, 1.807) is 0 Å². The zero-order valence-electron chi connectivity index (χ0n) is 14.0. The molecule has 7 nitrogen and oxygen atoms in total. The van der Waals surface area contributed by atoms with Crippen LogP contribution in [0.25, 0.3) is 0 Å². The van der Waals surface area contributed by atoms with Crippen molar-refractivity contribution in [3.8, 4) is 0 Å². The summed E-state index contributed by atoms with van der Waals surface area (Å²) in [5.74, 6) is -0.490. The molecular weight excluding hydrogens is 359 g/mol. The molecule has 0 heterocycles. The molecule has 24 heavy (non-hydrogen) atoms. The van der Waals surface area contributed by atoms with Crippen LogP contribution in [0.1, 0.15) is 12.0 Å². The highest BCUT2D eigenvalue weighted by Crippen LogP contribution is 2.14. The molecule has 138 valence electrons. The van der Waals surface area contributed by atoms with Gasteiger partial charge in [-0.15, -0.1) is 0 Å². The predicted molar refractivity (Wildman–Crippen MR) is 89.2 cm³/mol. The van der Waals surface area contributed by atoms with Gasteiger partial charge in [0.1, 0.15) is 5.82 Å². The first-order chi connectivity index (χ1) is 11.1. The number of nitrogens with zero attached hydrogens (tertiary/aromatic N) is 1. The predicted octanol–water partition coefficient (Wildman–Crippen LogP) is 0.711. The largest absolute Gasteiger partial charge is 0.385 e. The molecule has 0 amide bonds. The van der Waals surface area contributed by atoms with E-state index in [0.29, 0.717) is 13.0 Å². The van der Waals surface area contributed by atoms with Crippen molar-refractivity contribution in [2.75, 3.05) is 39.6 Å². The Bertz CT molecular complexity index is 750. The molecule has 1 N–H and O–H groups in total. The zero-order valence-corrected chi connectivity index (χ0v) is 15.6. The first-order valence-electron chi connectivity index (χ1n) is 7.28. The molecule has 0 aliphatic carbocycles. The van der Waals surface area contributed by atoms with Crippen LogP contribution >= 0.6 is 0 Å². The van der Waals surface area contributed by atoms with Gasteiger partial charge < -0.3 is 4.74 Å². The van der Waals surface area contributed by atoms with Gasteiger partial charge in [0.05, 0.1) is 11.2 Å². The number of ether oxygens (including phenoxy) is 1. The third kappa shape index (κ3) is 6.44. The fraction of sp³-hybridized carbons (Fsp3) is 0.571. The Morgan fingerprint density at radius 1 is 1.21 bits per heavy atom. The Balaban J connectivity index is 2.70. The van der Waals surface area contributed by atoms with Gasteiger partial charge >= 0.3 is 0 Å². The summed E-state index contributed by atoms with van der Waals surface area (Å²) in [5, 5.41) is 0. The summed E-state index contributed by atoms with van der Waals surface area (Å²) in [6.45, 7) is 2.03. The van der Waals surface area contributed by atoms with Gasteiger partial charge in [0.15, 0.2) is 0 Å². The molecule has 0 saturated carbocycles. The quantitative estimate of drug-likeness (QED) is 0.602. The number of rotatable bonds is 10. The van der Waals surface area contributed by atoms with Gasteiger partial charge in [-0.05, 0) is 37.1 Å². The van der Waals surface area contributed by atoms with Crippen LogP contribution < -0.4 is 4.72 Å². The zero-order chi connectivity index (χ0) is 18.4. The van der Waals surface area contributed by atoms with Crippen molar-refractivity contribution < 1.29 is 26.0 Å². The van der Waals surface area contributed by atoms with Crippen molar-refractivity contribution in [2.45, 2.75) is 18.2 Å². The maximum Gasteiger partial charge on any atom is 0.240 e. The highest BCUT2D eigenvalue weighted by atomic mass is 32.2. The van der Waals surface area contributed by atoms with E-state index in [2.05, 4.69) is 4.72 Å². The molecular formula is C14H23FN2O5S2. The normalized spacial score (nSPS) is 12.7. The second-order valence-electron chi connectivity index (χ2n) is 5.32. The first kappa shape index (κ1) is 21.0. The van der Waals surface area contributed by atoms with Gasteiger partial charge in [0.2, 0.25) is 20.0 Å². The van der Waals surface area contributed by atoms with Crippen LogP contribution in [-0.4, -0.2) is 60.7 Å². The van der Waals surface area contributed by atoms with Crippen LogP contribution in [0.3, 0.4) is 0 Å². The van der Waals surface area contributed by atoms with Crippen molar-refractivity contribution in [1.82, 2.24) is 9.03 Å². The van der Waals surface area contributed by atoms with E-state index in [1.165, 1.54) is 24.4 Å². The van der Waals surface area contributed by atoms with Gasteiger partial charge in [-0.2, -0.15) is 0 Å². The van der Waals surface area contributed by atoms with E-state index < -0.39 is 25.9 Å². The molecule has 1 aromatic carbocycles. The molecule has 1 aromatic rings. The molecule has 0 unspecified atom stereocenters. The maximum absolute atomic E-state index is 13.2. The van der Waals surface area contributed by atoms with Gasteiger partial charge in [-0.1, -0.05) is 0 Å². The number of sulfonamides is 2. The van der Waals surface area contributed by atoms with E-state index in [9.17, 15) is 21.2 Å². The fourth-order valence-corrected chi connectivity index (χ4v) is 3.99. The highest BCUT2D eigenvalue weighted by molar-refractivity contribution is 7.89. The summed E-state index contributed by atoms with van der Waals surface area (Å²) < 4.78 is 69.3. The molecule has 10 heteroatoms. The van der Waals surface area contributed by atoms with Gasteiger partial charge in [0, 0.05) is 33.4 Å². The molecule has 0 atom stereocenters. The third-order valence-electron chi connectivity index (χ3n) is 3.32. The number of methoxy groups -OCH3 is 1. The number of benzene rings is 1. The lowest BCUT2D eigenvalue weighted by Crippen LogP contribution is -2.38. The van der Waals surface area contributed by atoms with Crippen molar-refractivity contribution >= 4 is 20.0 Å². The van der Waals surface area contributed by atoms with Gasteiger partial charge in [0.25, 0.3) is 0 Å². The molecule has 0 aliphatic rings. The van der Waals surface area contributed by atoms with E-state index in [-0.39, 0.29) is 30.1 Å². The maximum atomic E-state index is 13.2. The monoisotopic (exact) mass is 382 g/mol. The summed E-state index contributed by atoms with van der Waals surface area (Å²) >= 11 is 0. The lowest BCUT2D eigenvalue weighted by Gasteiger charge is -2.20. The molecule has 1 rings (SSSR count). The van der Waals surface area contributed by atoms with E-state index in [0.717, 1.165) is 18.4 Å². The van der Waals surface area contributed by atoms with E-state index in [4.69, 9.17) is 4.74 Å². The minimum Gasteiger partial charge on any atom is -0.385 e. The van der Waals surface area contributed by atoms with Crippen LogP contribution in [0, 0.1) is 12.7 Å². The first-order valence-corrected chi connectivity index (χ1v) is 10.6. The van der Waals surface area contributed by atoms with Gasteiger partial charge in [-0.25, -0.2) is 30.3 Å². The van der Waals surface area contributed by atoms with Crippen molar-refractivity contribution in [2.24, 2.45) is 0 Å². The highest BCUT2D eigenvalue weighted by Gasteiger charge is 2.19. The fourth-order valence-electron chi connectivity index (χ4n) is 2.00. The number of hydrogen-bond acceptors (Lipinski definition) is 5. The smallest absolute Gasteiger partial charge is 0.240 e. The lowest BCUT2D eigenvalue weighted by atomic mass is 10.2. The SMILES string of the molecule is COCCCN(CCNS(=O)(=O)c1ccc(F)c(C)c1)S(C)(=O)=O. The molecule has 0 spiro atoms. The van der Waals surface area contributed by atoms with E-state index in [1.807, 2.05) is 0 Å². The average Bonchev–Trinajstić information content (AvgIpc) is 2.47. The second kappa shape index (κ2) is 8.86. The number of hydrogen-bond donors (Lipinski definition) is 1. The number of aryl methyl sites for hydroxylation is 1. The lowest BCUT2D eigenvalue weighted by molar-refractivity contribution is 0.187. The van der Waals surface area contributed by atoms with Crippen LogP contribution in [0.15, 0.2) is 23.1 Å². The second-order valence-corrected chi connectivity index (χ2v) is 9.07. The van der Waals surface area contributed by atoms with Gasteiger partial charge in [-0.3, -0.25) is 0 Å². The molecule has 0 radical (unpaired) electrons. The summed E-state index contributed by atoms with van der Waals surface area (Å²) in [5.41, 5.74) is 0.218.